The van der Waals surface area contributed by atoms with E-state index >= 15 is 0 Å². The highest BCUT2D eigenvalue weighted by molar-refractivity contribution is 5.99. The number of ether oxygens (including phenoxy) is 1. The van der Waals surface area contributed by atoms with E-state index in [-0.39, 0.29) is 11.6 Å². The van der Waals surface area contributed by atoms with Crippen molar-refractivity contribution in [3.63, 3.8) is 0 Å². The van der Waals surface area contributed by atoms with Crippen molar-refractivity contribution < 1.29 is 13.9 Å². The van der Waals surface area contributed by atoms with E-state index < -0.39 is 0 Å². The molecule has 0 aliphatic carbocycles. The molecular weight excluding hydrogens is 395 g/mol. The Morgan fingerprint density at radius 2 is 1.97 bits per heavy atom. The maximum Gasteiger partial charge on any atom is 0.176 e. The summed E-state index contributed by atoms with van der Waals surface area (Å²) in [5.74, 6) is 0.643. The van der Waals surface area contributed by atoms with Gasteiger partial charge in [0.2, 0.25) is 0 Å². The fraction of sp³-hybridized carbons (Fsp3) is 0.333. The van der Waals surface area contributed by atoms with Crippen LogP contribution in [0, 0.1) is 12.7 Å². The summed E-state index contributed by atoms with van der Waals surface area (Å²) >= 11 is 0. The molecular formula is C24H25FN4O2. The van der Waals surface area contributed by atoms with E-state index in [2.05, 4.69) is 20.1 Å². The summed E-state index contributed by atoms with van der Waals surface area (Å²) in [6.45, 7) is 6.40. The van der Waals surface area contributed by atoms with Gasteiger partial charge in [-0.05, 0) is 49.4 Å². The molecule has 6 nitrogen and oxygen atoms in total. The van der Waals surface area contributed by atoms with Crippen molar-refractivity contribution in [1.82, 2.24) is 9.88 Å². The van der Waals surface area contributed by atoms with Gasteiger partial charge in [-0.3, -0.25) is 14.7 Å². The van der Waals surface area contributed by atoms with Crippen molar-refractivity contribution in [3.05, 3.63) is 59.5 Å². The van der Waals surface area contributed by atoms with Gasteiger partial charge in [-0.25, -0.2) is 4.39 Å². The Morgan fingerprint density at radius 1 is 1.13 bits per heavy atom. The summed E-state index contributed by atoms with van der Waals surface area (Å²) in [7, 11) is 0. The lowest BCUT2D eigenvalue weighted by molar-refractivity contribution is 0.0926. The number of fused-ring (bicyclic) bond motifs is 2. The molecule has 0 atom stereocenters. The molecule has 3 heterocycles. The van der Waals surface area contributed by atoms with Crippen LogP contribution in [0.2, 0.25) is 0 Å². The van der Waals surface area contributed by atoms with Crippen LogP contribution >= 0.6 is 0 Å². The Balaban J connectivity index is 1.26. The van der Waals surface area contributed by atoms with Crippen LogP contribution in [0.15, 0.2) is 42.5 Å². The monoisotopic (exact) mass is 420 g/mol. The minimum absolute atomic E-state index is 0.0830. The van der Waals surface area contributed by atoms with Gasteiger partial charge in [0.1, 0.15) is 18.2 Å². The van der Waals surface area contributed by atoms with Crippen molar-refractivity contribution in [1.29, 1.82) is 0 Å². The van der Waals surface area contributed by atoms with Crippen molar-refractivity contribution in [2.75, 3.05) is 56.1 Å². The number of piperazine rings is 1. The van der Waals surface area contributed by atoms with Crippen LogP contribution in [-0.2, 0) is 0 Å². The minimum Gasteiger partial charge on any atom is -0.490 e. The first-order chi connectivity index (χ1) is 15.1. The van der Waals surface area contributed by atoms with E-state index in [1.54, 1.807) is 6.07 Å². The number of benzene rings is 2. The van der Waals surface area contributed by atoms with Gasteiger partial charge in [0, 0.05) is 49.4 Å². The molecule has 0 bridgehead atoms. The summed E-state index contributed by atoms with van der Waals surface area (Å²) in [5, 5.41) is 4.10. The number of pyridine rings is 1. The predicted molar refractivity (Wildman–Crippen MR) is 120 cm³/mol. The quantitative estimate of drug-likeness (QED) is 0.652. The number of hydrogen-bond acceptors (Lipinski definition) is 6. The van der Waals surface area contributed by atoms with E-state index in [1.165, 1.54) is 6.07 Å². The van der Waals surface area contributed by atoms with Crippen LogP contribution < -0.4 is 15.0 Å². The van der Waals surface area contributed by atoms with E-state index in [0.29, 0.717) is 50.6 Å². The Hall–Kier alpha value is -3.19. The Bertz CT molecular complexity index is 1140. The number of hydrogen-bond donors (Lipinski definition) is 1. The molecule has 1 N–H and O–H groups in total. The molecule has 1 aromatic heterocycles. The number of carbonyl (C=O) groups excluding carboxylic acids is 1. The molecule has 2 aliphatic rings. The van der Waals surface area contributed by atoms with Crippen molar-refractivity contribution in [2.24, 2.45) is 0 Å². The summed E-state index contributed by atoms with van der Waals surface area (Å²) in [4.78, 5) is 21.5. The van der Waals surface area contributed by atoms with E-state index in [0.717, 1.165) is 34.6 Å². The van der Waals surface area contributed by atoms with E-state index in [9.17, 15) is 9.18 Å². The molecule has 1 fully saturated rings. The maximum absolute atomic E-state index is 14.7. The SMILES string of the molecule is Cc1ccc2c(N3CCN(CC(=O)c4ccc5c(c4)NCCO5)CC3)c(F)ccc2n1. The molecule has 3 aromatic rings. The molecule has 5 rings (SSSR count). The van der Waals surface area contributed by atoms with Crippen LogP contribution in [0.4, 0.5) is 15.8 Å². The molecule has 1 saturated heterocycles. The molecule has 2 aromatic carbocycles. The number of Topliss-reactive ketones (excluding diaryl/α,β-unsaturated/α-hetero) is 1. The first kappa shape index (κ1) is 19.8. The third-order valence-electron chi connectivity index (χ3n) is 5.97. The molecule has 0 saturated carbocycles. The van der Waals surface area contributed by atoms with Crippen LogP contribution in [0.3, 0.4) is 0 Å². The number of aromatic nitrogens is 1. The number of nitrogens with zero attached hydrogens (tertiary/aromatic N) is 3. The number of aryl methyl sites for hydroxylation is 1. The van der Waals surface area contributed by atoms with Gasteiger partial charge in [0.25, 0.3) is 0 Å². The van der Waals surface area contributed by atoms with Gasteiger partial charge in [-0.15, -0.1) is 0 Å². The number of nitrogens with one attached hydrogen (secondary N) is 1. The zero-order valence-electron chi connectivity index (χ0n) is 17.5. The average Bonchev–Trinajstić information content (AvgIpc) is 2.79. The van der Waals surface area contributed by atoms with Crippen LogP contribution in [0.25, 0.3) is 10.9 Å². The lowest BCUT2D eigenvalue weighted by Crippen LogP contribution is -2.48. The normalized spacial score (nSPS) is 16.5. The second-order valence-electron chi connectivity index (χ2n) is 8.09. The standard InChI is InChI=1S/C24H25FN4O2/c1-16-2-4-18-20(27-16)6-5-19(25)24(18)29-11-9-28(10-12-29)15-22(30)17-3-7-23-21(14-17)26-8-13-31-23/h2-7,14,26H,8-13,15H2,1H3. The van der Waals surface area contributed by atoms with Gasteiger partial charge < -0.3 is 15.0 Å². The molecule has 0 radical (unpaired) electrons. The molecule has 0 spiro atoms. The largest absolute Gasteiger partial charge is 0.490 e. The number of halogens is 1. The van der Waals surface area contributed by atoms with Gasteiger partial charge >= 0.3 is 0 Å². The molecule has 160 valence electrons. The second-order valence-corrected chi connectivity index (χ2v) is 8.09. The number of anilines is 2. The smallest absolute Gasteiger partial charge is 0.176 e. The maximum atomic E-state index is 14.7. The van der Waals surface area contributed by atoms with E-state index in [1.807, 2.05) is 37.3 Å². The minimum atomic E-state index is -0.230. The summed E-state index contributed by atoms with van der Waals surface area (Å²) < 4.78 is 20.3. The lowest BCUT2D eigenvalue weighted by atomic mass is 10.1. The van der Waals surface area contributed by atoms with Gasteiger partial charge in [0.05, 0.1) is 23.4 Å². The average molecular weight is 420 g/mol. The molecule has 0 amide bonds. The van der Waals surface area contributed by atoms with Crippen LogP contribution in [-0.4, -0.2) is 61.5 Å². The molecule has 7 heteroatoms. The molecule has 0 unspecified atom stereocenters. The second kappa shape index (κ2) is 8.15. The first-order valence-electron chi connectivity index (χ1n) is 10.7. The van der Waals surface area contributed by atoms with Crippen molar-refractivity contribution >= 4 is 28.1 Å². The predicted octanol–water partition coefficient (Wildman–Crippen LogP) is 3.49. The topological polar surface area (TPSA) is 57.7 Å². The lowest BCUT2D eigenvalue weighted by Gasteiger charge is -2.36. The van der Waals surface area contributed by atoms with E-state index in [4.69, 9.17) is 4.74 Å². The van der Waals surface area contributed by atoms with Crippen molar-refractivity contribution in [3.8, 4) is 5.75 Å². The number of rotatable bonds is 4. The number of carbonyl (C=O) groups is 1. The van der Waals surface area contributed by atoms with Crippen molar-refractivity contribution in [2.45, 2.75) is 6.92 Å². The zero-order valence-corrected chi connectivity index (χ0v) is 17.5. The first-order valence-corrected chi connectivity index (χ1v) is 10.7. The van der Waals surface area contributed by atoms with Crippen LogP contribution in [0.1, 0.15) is 16.1 Å². The Kier molecular flexibility index (Phi) is 5.19. The summed E-state index contributed by atoms with van der Waals surface area (Å²) in [6.07, 6.45) is 0. The highest BCUT2D eigenvalue weighted by atomic mass is 19.1. The third kappa shape index (κ3) is 3.93. The molecule has 2 aliphatic heterocycles. The summed E-state index contributed by atoms with van der Waals surface area (Å²) in [6, 6.07) is 12.6. The van der Waals surface area contributed by atoms with Gasteiger partial charge in [-0.2, -0.15) is 0 Å². The third-order valence-corrected chi connectivity index (χ3v) is 5.97. The fourth-order valence-electron chi connectivity index (χ4n) is 4.32. The fourth-order valence-corrected chi connectivity index (χ4v) is 4.32. The van der Waals surface area contributed by atoms with Crippen LogP contribution in [0.5, 0.6) is 5.75 Å². The Labute approximate surface area is 180 Å². The highest BCUT2D eigenvalue weighted by Gasteiger charge is 2.24. The van der Waals surface area contributed by atoms with Gasteiger partial charge in [0.15, 0.2) is 5.78 Å². The number of ketones is 1. The van der Waals surface area contributed by atoms with Gasteiger partial charge in [-0.1, -0.05) is 0 Å². The molecule has 31 heavy (non-hydrogen) atoms. The highest BCUT2D eigenvalue weighted by Crippen LogP contribution is 2.31. The summed E-state index contributed by atoms with van der Waals surface area (Å²) in [5.41, 5.74) is 3.88. The Morgan fingerprint density at radius 3 is 2.81 bits per heavy atom. The zero-order chi connectivity index (χ0) is 21.4.